The van der Waals surface area contributed by atoms with Crippen LogP contribution in [0.25, 0.3) is 0 Å². The summed E-state index contributed by atoms with van der Waals surface area (Å²) in [6.07, 6.45) is 0. The average Bonchev–Trinajstić information content (AvgIpc) is 3.05. The molecule has 1 heterocycles. The van der Waals surface area contributed by atoms with Crippen LogP contribution in [0, 0.1) is 11.3 Å². The van der Waals surface area contributed by atoms with Crippen LogP contribution in [0.15, 0.2) is 59.8 Å². The number of amides is 1. The number of thioether (sulfide) groups is 1. The lowest BCUT2D eigenvalue weighted by Gasteiger charge is -2.16. The van der Waals surface area contributed by atoms with Crippen molar-refractivity contribution in [3.63, 3.8) is 0 Å². The van der Waals surface area contributed by atoms with Gasteiger partial charge in [0, 0.05) is 12.7 Å². The summed E-state index contributed by atoms with van der Waals surface area (Å²) < 4.78 is 1.52. The standard InChI is InChI=1S/C17H14N6OS/c1-23-17(20-21-22-23)25-15(13-5-3-2-4-6-13)16(24)19-14-9-7-12(11-18)8-10-14/h2-10,15H,1H3,(H,19,24). The molecule has 0 fully saturated rings. The molecule has 0 aliphatic heterocycles. The molecule has 0 spiro atoms. The Balaban J connectivity index is 1.84. The van der Waals surface area contributed by atoms with Gasteiger partial charge in [0.15, 0.2) is 0 Å². The highest BCUT2D eigenvalue weighted by molar-refractivity contribution is 8.00. The van der Waals surface area contributed by atoms with Crippen LogP contribution in [0.3, 0.4) is 0 Å². The van der Waals surface area contributed by atoms with Crippen molar-refractivity contribution in [2.24, 2.45) is 7.05 Å². The van der Waals surface area contributed by atoms with Gasteiger partial charge >= 0.3 is 0 Å². The molecule has 3 aromatic rings. The van der Waals surface area contributed by atoms with Crippen LogP contribution in [0.1, 0.15) is 16.4 Å². The number of anilines is 1. The predicted molar refractivity (Wildman–Crippen MR) is 93.6 cm³/mol. The van der Waals surface area contributed by atoms with E-state index in [1.165, 1.54) is 16.4 Å². The number of nitriles is 1. The molecule has 0 radical (unpaired) electrons. The third kappa shape index (κ3) is 4.02. The molecule has 7 nitrogen and oxygen atoms in total. The number of hydrogen-bond acceptors (Lipinski definition) is 6. The number of aryl methyl sites for hydroxylation is 1. The van der Waals surface area contributed by atoms with Crippen molar-refractivity contribution in [2.45, 2.75) is 10.4 Å². The lowest BCUT2D eigenvalue weighted by molar-refractivity contribution is -0.115. The zero-order valence-corrected chi connectivity index (χ0v) is 14.1. The van der Waals surface area contributed by atoms with Crippen molar-refractivity contribution >= 4 is 23.4 Å². The second-order valence-electron chi connectivity index (χ2n) is 5.17. The monoisotopic (exact) mass is 350 g/mol. The Morgan fingerprint density at radius 3 is 2.52 bits per heavy atom. The Bertz CT molecular complexity index is 901. The van der Waals surface area contributed by atoms with Crippen molar-refractivity contribution in [3.8, 4) is 6.07 Å². The highest BCUT2D eigenvalue weighted by Gasteiger charge is 2.24. The summed E-state index contributed by atoms with van der Waals surface area (Å²) in [7, 11) is 1.73. The number of nitrogens with one attached hydrogen (secondary N) is 1. The molecule has 3 rings (SSSR count). The number of nitrogens with zero attached hydrogens (tertiary/aromatic N) is 5. The largest absolute Gasteiger partial charge is 0.325 e. The maximum atomic E-state index is 12.8. The van der Waals surface area contributed by atoms with Gasteiger partial charge in [0.25, 0.3) is 0 Å². The van der Waals surface area contributed by atoms with Crippen LogP contribution in [0.5, 0.6) is 0 Å². The summed E-state index contributed by atoms with van der Waals surface area (Å²) in [6.45, 7) is 0. The van der Waals surface area contributed by atoms with E-state index in [0.717, 1.165) is 5.56 Å². The number of benzene rings is 2. The quantitative estimate of drug-likeness (QED) is 0.710. The fraction of sp³-hybridized carbons (Fsp3) is 0.118. The minimum absolute atomic E-state index is 0.191. The lowest BCUT2D eigenvalue weighted by Crippen LogP contribution is -2.19. The fourth-order valence-corrected chi connectivity index (χ4v) is 3.11. The summed E-state index contributed by atoms with van der Waals surface area (Å²) in [5.74, 6) is -0.191. The molecule has 1 unspecified atom stereocenters. The van der Waals surface area contributed by atoms with Gasteiger partial charge in [0.05, 0.1) is 11.6 Å². The second-order valence-corrected chi connectivity index (χ2v) is 6.24. The smallest absolute Gasteiger partial charge is 0.242 e. The Morgan fingerprint density at radius 2 is 1.92 bits per heavy atom. The maximum absolute atomic E-state index is 12.8. The number of carbonyl (C=O) groups is 1. The lowest BCUT2D eigenvalue weighted by atomic mass is 10.1. The molecule has 25 heavy (non-hydrogen) atoms. The third-order valence-electron chi connectivity index (χ3n) is 3.43. The maximum Gasteiger partial charge on any atom is 0.242 e. The minimum Gasteiger partial charge on any atom is -0.325 e. The molecule has 0 saturated carbocycles. The number of tetrazole rings is 1. The molecule has 124 valence electrons. The molecule has 1 atom stereocenters. The number of aromatic nitrogens is 4. The first-order valence-electron chi connectivity index (χ1n) is 7.42. The van der Waals surface area contributed by atoms with Crippen LogP contribution in [0.4, 0.5) is 5.69 Å². The number of rotatable bonds is 5. The summed E-state index contributed by atoms with van der Waals surface area (Å²) in [5.41, 5.74) is 2.01. The van der Waals surface area contributed by atoms with Gasteiger partial charge in [-0.1, -0.05) is 42.1 Å². The summed E-state index contributed by atoms with van der Waals surface area (Å²) in [6, 6.07) is 18.2. The van der Waals surface area contributed by atoms with Crippen molar-refractivity contribution in [1.29, 1.82) is 5.26 Å². The highest BCUT2D eigenvalue weighted by atomic mass is 32.2. The van der Waals surface area contributed by atoms with Gasteiger partial charge in [-0.2, -0.15) is 5.26 Å². The van der Waals surface area contributed by atoms with E-state index in [0.29, 0.717) is 16.4 Å². The molecular formula is C17H14N6OS. The Labute approximate surface area is 148 Å². The van der Waals surface area contributed by atoms with E-state index in [1.54, 1.807) is 31.3 Å². The van der Waals surface area contributed by atoms with Crippen LogP contribution < -0.4 is 5.32 Å². The molecule has 2 aromatic carbocycles. The third-order valence-corrected chi connectivity index (χ3v) is 4.71. The molecular weight excluding hydrogens is 336 g/mol. The molecule has 0 bridgehead atoms. The van der Waals surface area contributed by atoms with E-state index in [9.17, 15) is 4.79 Å². The highest BCUT2D eigenvalue weighted by Crippen LogP contribution is 2.34. The summed E-state index contributed by atoms with van der Waals surface area (Å²) in [4.78, 5) is 12.8. The molecule has 1 aromatic heterocycles. The van der Waals surface area contributed by atoms with Crippen molar-refractivity contribution in [1.82, 2.24) is 20.2 Å². The SMILES string of the molecule is Cn1nnnc1SC(C(=O)Nc1ccc(C#N)cc1)c1ccccc1. The first-order valence-corrected chi connectivity index (χ1v) is 8.30. The van der Waals surface area contributed by atoms with Crippen LogP contribution >= 0.6 is 11.8 Å². The molecule has 8 heteroatoms. The molecule has 1 amide bonds. The van der Waals surface area contributed by atoms with Crippen molar-refractivity contribution < 1.29 is 4.79 Å². The van der Waals surface area contributed by atoms with Crippen LogP contribution in [-0.2, 0) is 11.8 Å². The molecule has 1 N–H and O–H groups in total. The van der Waals surface area contributed by atoms with Gasteiger partial charge in [-0.25, -0.2) is 4.68 Å². The first kappa shape index (κ1) is 16.7. The van der Waals surface area contributed by atoms with E-state index in [-0.39, 0.29) is 5.91 Å². The summed E-state index contributed by atoms with van der Waals surface area (Å²) in [5, 5.41) is 23.1. The van der Waals surface area contributed by atoms with Crippen molar-refractivity contribution in [3.05, 3.63) is 65.7 Å². The molecule has 0 saturated heterocycles. The first-order chi connectivity index (χ1) is 12.2. The molecule has 0 aliphatic carbocycles. The van der Waals surface area contributed by atoms with E-state index >= 15 is 0 Å². The van der Waals surface area contributed by atoms with E-state index in [1.807, 2.05) is 30.3 Å². The van der Waals surface area contributed by atoms with E-state index < -0.39 is 5.25 Å². The van der Waals surface area contributed by atoms with E-state index in [4.69, 9.17) is 5.26 Å². The van der Waals surface area contributed by atoms with Gasteiger partial charge < -0.3 is 5.32 Å². The zero-order chi connectivity index (χ0) is 17.6. The zero-order valence-electron chi connectivity index (χ0n) is 13.3. The van der Waals surface area contributed by atoms with Gasteiger partial charge in [-0.15, -0.1) is 5.10 Å². The molecule has 0 aliphatic rings. The Kier molecular flexibility index (Phi) is 5.06. The second kappa shape index (κ2) is 7.59. The minimum atomic E-state index is -0.512. The van der Waals surface area contributed by atoms with Gasteiger partial charge in [-0.05, 0) is 40.3 Å². The number of hydrogen-bond donors (Lipinski definition) is 1. The van der Waals surface area contributed by atoms with Gasteiger partial charge in [0.1, 0.15) is 5.25 Å². The van der Waals surface area contributed by atoms with Gasteiger partial charge in [0.2, 0.25) is 11.1 Å². The Morgan fingerprint density at radius 1 is 1.20 bits per heavy atom. The number of carbonyl (C=O) groups excluding carboxylic acids is 1. The summed E-state index contributed by atoms with van der Waals surface area (Å²) >= 11 is 1.27. The van der Waals surface area contributed by atoms with Crippen LogP contribution in [-0.4, -0.2) is 26.1 Å². The normalized spacial score (nSPS) is 11.5. The average molecular weight is 350 g/mol. The van der Waals surface area contributed by atoms with Crippen molar-refractivity contribution in [2.75, 3.05) is 5.32 Å². The topological polar surface area (TPSA) is 96.5 Å². The Hall–Kier alpha value is -3.18. The fourth-order valence-electron chi connectivity index (χ4n) is 2.16. The van der Waals surface area contributed by atoms with E-state index in [2.05, 4.69) is 26.9 Å². The van der Waals surface area contributed by atoms with Gasteiger partial charge in [-0.3, -0.25) is 4.79 Å². The predicted octanol–water partition coefficient (Wildman–Crippen LogP) is 2.55. The van der Waals surface area contributed by atoms with Crippen LogP contribution in [0.2, 0.25) is 0 Å².